The Labute approximate surface area is 112 Å². The van der Waals surface area contributed by atoms with E-state index in [2.05, 4.69) is 5.32 Å². The predicted octanol–water partition coefficient (Wildman–Crippen LogP) is 1.27. The standard InChI is InChI=1S/C14H20FNO3/c15-13-5-2-12(3-6-13)4-7-14(18)16-8-1-10-19-11-9-17/h2-3,5-6,17H,1,4,7-11H2,(H,16,18). The number of carbonyl (C=O) groups excluding carboxylic acids is 1. The Hall–Kier alpha value is -1.46. The Morgan fingerprint density at radius 2 is 2.00 bits per heavy atom. The molecule has 1 aromatic carbocycles. The molecule has 0 aliphatic rings. The lowest BCUT2D eigenvalue weighted by Crippen LogP contribution is -2.25. The number of aliphatic hydroxyl groups excluding tert-OH is 1. The van der Waals surface area contributed by atoms with E-state index in [0.717, 1.165) is 12.0 Å². The molecule has 1 aromatic rings. The van der Waals surface area contributed by atoms with Crippen LogP contribution in [0.2, 0.25) is 0 Å². The van der Waals surface area contributed by atoms with Gasteiger partial charge in [0.2, 0.25) is 5.91 Å². The second-order valence-electron chi connectivity index (χ2n) is 4.17. The molecule has 0 atom stereocenters. The highest BCUT2D eigenvalue weighted by Gasteiger charge is 2.02. The smallest absolute Gasteiger partial charge is 0.220 e. The summed E-state index contributed by atoms with van der Waals surface area (Å²) in [6, 6.07) is 6.16. The monoisotopic (exact) mass is 269 g/mol. The van der Waals surface area contributed by atoms with E-state index in [1.165, 1.54) is 12.1 Å². The van der Waals surface area contributed by atoms with Crippen LogP contribution in [0.3, 0.4) is 0 Å². The summed E-state index contributed by atoms with van der Waals surface area (Å²) in [5.41, 5.74) is 0.947. The molecule has 0 heterocycles. The van der Waals surface area contributed by atoms with Crippen molar-refractivity contribution >= 4 is 5.91 Å². The zero-order valence-electron chi connectivity index (χ0n) is 10.9. The Balaban J connectivity index is 2.06. The minimum absolute atomic E-state index is 0.0179. The molecule has 0 aliphatic carbocycles. The zero-order chi connectivity index (χ0) is 13.9. The number of halogens is 1. The van der Waals surface area contributed by atoms with E-state index in [4.69, 9.17) is 9.84 Å². The lowest BCUT2D eigenvalue weighted by molar-refractivity contribution is -0.121. The molecular formula is C14H20FNO3. The van der Waals surface area contributed by atoms with Crippen LogP contribution in [0.15, 0.2) is 24.3 Å². The topological polar surface area (TPSA) is 58.6 Å². The maximum atomic E-state index is 12.7. The van der Waals surface area contributed by atoms with Gasteiger partial charge in [0, 0.05) is 19.6 Å². The number of hydrogen-bond donors (Lipinski definition) is 2. The Kier molecular flexibility index (Phi) is 7.77. The summed E-state index contributed by atoms with van der Waals surface area (Å²) in [4.78, 5) is 11.5. The third kappa shape index (κ3) is 7.54. The zero-order valence-corrected chi connectivity index (χ0v) is 10.9. The van der Waals surface area contributed by atoms with Crippen molar-refractivity contribution in [3.8, 4) is 0 Å². The van der Waals surface area contributed by atoms with Gasteiger partial charge in [-0.1, -0.05) is 12.1 Å². The molecule has 0 saturated heterocycles. The average molecular weight is 269 g/mol. The van der Waals surface area contributed by atoms with Crippen molar-refractivity contribution < 1.29 is 19.0 Å². The van der Waals surface area contributed by atoms with Crippen LogP contribution in [0.1, 0.15) is 18.4 Å². The highest BCUT2D eigenvalue weighted by Crippen LogP contribution is 2.05. The first kappa shape index (κ1) is 15.6. The molecule has 0 aliphatic heterocycles. The van der Waals surface area contributed by atoms with Crippen LogP contribution in [0.5, 0.6) is 0 Å². The summed E-state index contributed by atoms with van der Waals surface area (Å²) in [6.45, 7) is 1.44. The molecule has 0 fully saturated rings. The van der Waals surface area contributed by atoms with E-state index >= 15 is 0 Å². The molecule has 4 nitrogen and oxygen atoms in total. The molecule has 0 bridgehead atoms. The number of aliphatic hydroxyl groups is 1. The second-order valence-corrected chi connectivity index (χ2v) is 4.17. The van der Waals surface area contributed by atoms with Crippen molar-refractivity contribution in [2.75, 3.05) is 26.4 Å². The van der Waals surface area contributed by atoms with Gasteiger partial charge in [0.25, 0.3) is 0 Å². The summed E-state index contributed by atoms with van der Waals surface area (Å²) >= 11 is 0. The van der Waals surface area contributed by atoms with Gasteiger partial charge in [-0.3, -0.25) is 4.79 Å². The van der Waals surface area contributed by atoms with Gasteiger partial charge in [-0.05, 0) is 30.5 Å². The van der Waals surface area contributed by atoms with Crippen molar-refractivity contribution in [3.63, 3.8) is 0 Å². The summed E-state index contributed by atoms with van der Waals surface area (Å²) in [6.07, 6.45) is 1.72. The molecule has 5 heteroatoms. The SMILES string of the molecule is O=C(CCc1ccc(F)cc1)NCCCOCCO. The molecule has 0 radical (unpaired) electrons. The lowest BCUT2D eigenvalue weighted by Gasteiger charge is -2.06. The fraction of sp³-hybridized carbons (Fsp3) is 0.500. The largest absolute Gasteiger partial charge is 0.394 e. The number of ether oxygens (including phenoxy) is 1. The number of carbonyl (C=O) groups is 1. The van der Waals surface area contributed by atoms with Gasteiger partial charge >= 0.3 is 0 Å². The molecule has 2 N–H and O–H groups in total. The number of amides is 1. The van der Waals surface area contributed by atoms with E-state index in [1.807, 2.05) is 0 Å². The van der Waals surface area contributed by atoms with Gasteiger partial charge in [-0.15, -0.1) is 0 Å². The fourth-order valence-electron chi connectivity index (χ4n) is 1.57. The van der Waals surface area contributed by atoms with E-state index in [9.17, 15) is 9.18 Å². The lowest BCUT2D eigenvalue weighted by atomic mass is 10.1. The average Bonchev–Trinajstić information content (AvgIpc) is 2.42. The molecule has 19 heavy (non-hydrogen) atoms. The van der Waals surface area contributed by atoms with Crippen LogP contribution in [0, 0.1) is 5.82 Å². The minimum atomic E-state index is -0.268. The highest BCUT2D eigenvalue weighted by molar-refractivity contribution is 5.76. The van der Waals surface area contributed by atoms with E-state index < -0.39 is 0 Å². The number of hydrogen-bond acceptors (Lipinski definition) is 3. The third-order valence-electron chi connectivity index (χ3n) is 2.58. The second kappa shape index (κ2) is 9.47. The number of nitrogens with one attached hydrogen (secondary N) is 1. The van der Waals surface area contributed by atoms with Gasteiger partial charge in [-0.2, -0.15) is 0 Å². The van der Waals surface area contributed by atoms with E-state index in [0.29, 0.717) is 32.6 Å². The van der Waals surface area contributed by atoms with Gasteiger partial charge < -0.3 is 15.2 Å². The van der Waals surface area contributed by atoms with Gasteiger partial charge in [-0.25, -0.2) is 4.39 Å². The fourth-order valence-corrected chi connectivity index (χ4v) is 1.57. The molecule has 0 spiro atoms. The first-order valence-electron chi connectivity index (χ1n) is 6.42. The third-order valence-corrected chi connectivity index (χ3v) is 2.58. The van der Waals surface area contributed by atoms with Crippen LogP contribution in [0.25, 0.3) is 0 Å². The Morgan fingerprint density at radius 3 is 2.68 bits per heavy atom. The van der Waals surface area contributed by atoms with E-state index in [-0.39, 0.29) is 18.3 Å². The van der Waals surface area contributed by atoms with Gasteiger partial charge in [0.15, 0.2) is 0 Å². The Morgan fingerprint density at radius 1 is 1.26 bits per heavy atom. The molecule has 1 amide bonds. The number of rotatable bonds is 9. The molecule has 0 saturated carbocycles. The van der Waals surface area contributed by atoms with Crippen LogP contribution >= 0.6 is 0 Å². The van der Waals surface area contributed by atoms with E-state index in [1.54, 1.807) is 12.1 Å². The molecule has 106 valence electrons. The highest BCUT2D eigenvalue weighted by atomic mass is 19.1. The normalized spacial score (nSPS) is 10.4. The molecule has 0 aromatic heterocycles. The maximum absolute atomic E-state index is 12.7. The summed E-state index contributed by atoms with van der Waals surface area (Å²) < 4.78 is 17.7. The molecule has 1 rings (SSSR count). The number of benzene rings is 1. The summed E-state index contributed by atoms with van der Waals surface area (Å²) in [7, 11) is 0. The summed E-state index contributed by atoms with van der Waals surface area (Å²) in [5, 5.41) is 11.3. The molecular weight excluding hydrogens is 249 g/mol. The van der Waals surface area contributed by atoms with Crippen LogP contribution in [-0.2, 0) is 16.0 Å². The van der Waals surface area contributed by atoms with Gasteiger partial charge in [0.05, 0.1) is 13.2 Å². The first-order chi connectivity index (χ1) is 9.22. The van der Waals surface area contributed by atoms with Crippen molar-refractivity contribution in [1.29, 1.82) is 0 Å². The Bertz CT molecular complexity index is 367. The summed E-state index contributed by atoms with van der Waals surface area (Å²) in [5.74, 6) is -0.289. The van der Waals surface area contributed by atoms with Crippen LogP contribution in [-0.4, -0.2) is 37.4 Å². The van der Waals surface area contributed by atoms with Crippen LogP contribution < -0.4 is 5.32 Å². The quantitative estimate of drug-likeness (QED) is 0.664. The number of aryl methyl sites for hydroxylation is 1. The van der Waals surface area contributed by atoms with Crippen molar-refractivity contribution in [2.24, 2.45) is 0 Å². The van der Waals surface area contributed by atoms with Crippen molar-refractivity contribution in [2.45, 2.75) is 19.3 Å². The maximum Gasteiger partial charge on any atom is 0.220 e. The van der Waals surface area contributed by atoms with Crippen molar-refractivity contribution in [1.82, 2.24) is 5.32 Å². The minimum Gasteiger partial charge on any atom is -0.394 e. The van der Waals surface area contributed by atoms with Crippen LogP contribution in [0.4, 0.5) is 4.39 Å². The molecule has 0 unspecified atom stereocenters. The predicted molar refractivity (Wildman–Crippen MR) is 70.3 cm³/mol. The van der Waals surface area contributed by atoms with Gasteiger partial charge in [0.1, 0.15) is 5.82 Å². The van der Waals surface area contributed by atoms with Crippen molar-refractivity contribution in [3.05, 3.63) is 35.6 Å². The first-order valence-corrected chi connectivity index (χ1v) is 6.42.